The summed E-state index contributed by atoms with van der Waals surface area (Å²) in [5.74, 6) is -1.01. The van der Waals surface area contributed by atoms with Crippen LogP contribution in [0.5, 0.6) is 0 Å². The van der Waals surface area contributed by atoms with Gasteiger partial charge < -0.3 is 19.6 Å². The molecule has 1 aromatic rings. The summed E-state index contributed by atoms with van der Waals surface area (Å²) in [6.45, 7) is 7.81. The first-order valence-corrected chi connectivity index (χ1v) is 7.81. The standard InChI is InChI=1S/C16H21ClN2O4/c1-16(2,3)23-15(22)19-8-6-18(7-9-19)13-5-4-11(14(20)21)10-12(13)17/h4-5,10H,6-9H2,1-3H3,(H,20,21). The van der Waals surface area contributed by atoms with Gasteiger partial charge in [0.15, 0.2) is 0 Å². The van der Waals surface area contributed by atoms with Crippen LogP contribution in [0.25, 0.3) is 0 Å². The maximum Gasteiger partial charge on any atom is 0.410 e. The van der Waals surface area contributed by atoms with Crippen LogP contribution in [0.3, 0.4) is 0 Å². The van der Waals surface area contributed by atoms with Crippen molar-refractivity contribution in [1.29, 1.82) is 0 Å². The van der Waals surface area contributed by atoms with Gasteiger partial charge >= 0.3 is 12.1 Å². The molecular weight excluding hydrogens is 320 g/mol. The summed E-state index contributed by atoms with van der Waals surface area (Å²) in [6.07, 6.45) is -0.315. The lowest BCUT2D eigenvalue weighted by Gasteiger charge is -2.37. The zero-order chi connectivity index (χ0) is 17.2. The Balaban J connectivity index is 1.99. The number of hydrogen-bond acceptors (Lipinski definition) is 4. The molecule has 0 aliphatic carbocycles. The third-order valence-electron chi connectivity index (χ3n) is 3.47. The second-order valence-electron chi connectivity index (χ2n) is 6.43. The fraction of sp³-hybridized carbons (Fsp3) is 0.500. The quantitative estimate of drug-likeness (QED) is 0.895. The first-order chi connectivity index (χ1) is 10.7. The highest BCUT2D eigenvalue weighted by molar-refractivity contribution is 6.33. The minimum atomic E-state index is -1.01. The molecule has 1 N–H and O–H groups in total. The number of amides is 1. The summed E-state index contributed by atoms with van der Waals surface area (Å²) in [7, 11) is 0. The fourth-order valence-electron chi connectivity index (χ4n) is 2.35. The van der Waals surface area contributed by atoms with Crippen molar-refractivity contribution in [3.05, 3.63) is 28.8 Å². The first-order valence-electron chi connectivity index (χ1n) is 7.43. The van der Waals surface area contributed by atoms with E-state index < -0.39 is 11.6 Å². The Bertz CT molecular complexity index is 605. The van der Waals surface area contributed by atoms with E-state index >= 15 is 0 Å². The Labute approximate surface area is 140 Å². The van der Waals surface area contributed by atoms with Crippen molar-refractivity contribution >= 4 is 29.4 Å². The predicted octanol–water partition coefficient (Wildman–Crippen LogP) is 3.10. The lowest BCUT2D eigenvalue weighted by atomic mass is 10.2. The van der Waals surface area contributed by atoms with E-state index in [9.17, 15) is 9.59 Å². The van der Waals surface area contributed by atoms with Crippen molar-refractivity contribution in [3.8, 4) is 0 Å². The van der Waals surface area contributed by atoms with Crippen LogP contribution in [0.4, 0.5) is 10.5 Å². The molecule has 0 bridgehead atoms. The number of benzene rings is 1. The number of carboxylic acids is 1. The molecule has 0 aromatic heterocycles. The van der Waals surface area contributed by atoms with Gasteiger partial charge in [-0.3, -0.25) is 0 Å². The van der Waals surface area contributed by atoms with Gasteiger partial charge in [-0.25, -0.2) is 9.59 Å². The predicted molar refractivity (Wildman–Crippen MR) is 88.4 cm³/mol. The Morgan fingerprint density at radius 3 is 2.26 bits per heavy atom. The molecule has 0 unspecified atom stereocenters. The van der Waals surface area contributed by atoms with E-state index in [0.29, 0.717) is 31.2 Å². The van der Waals surface area contributed by atoms with E-state index in [-0.39, 0.29) is 11.7 Å². The van der Waals surface area contributed by atoms with Gasteiger partial charge in [0.25, 0.3) is 0 Å². The van der Waals surface area contributed by atoms with Crippen LogP contribution in [0.15, 0.2) is 18.2 Å². The molecule has 0 spiro atoms. The first kappa shape index (κ1) is 17.4. The summed E-state index contributed by atoms with van der Waals surface area (Å²) in [6, 6.07) is 4.68. The molecule has 23 heavy (non-hydrogen) atoms. The lowest BCUT2D eigenvalue weighted by Crippen LogP contribution is -2.50. The molecule has 126 valence electrons. The third-order valence-corrected chi connectivity index (χ3v) is 3.77. The minimum Gasteiger partial charge on any atom is -0.478 e. The van der Waals surface area contributed by atoms with Crippen molar-refractivity contribution in [2.75, 3.05) is 31.1 Å². The van der Waals surface area contributed by atoms with E-state index in [0.717, 1.165) is 5.69 Å². The number of nitrogens with zero attached hydrogens (tertiary/aromatic N) is 2. The summed E-state index contributed by atoms with van der Waals surface area (Å²) in [5.41, 5.74) is 0.427. The average Bonchev–Trinajstić information content (AvgIpc) is 2.45. The molecule has 7 heteroatoms. The highest BCUT2D eigenvalue weighted by Crippen LogP contribution is 2.28. The normalized spacial score (nSPS) is 15.5. The number of ether oxygens (including phenoxy) is 1. The van der Waals surface area contributed by atoms with Crippen LogP contribution in [-0.4, -0.2) is 53.8 Å². The Kier molecular flexibility index (Phi) is 5.04. The summed E-state index contributed by atoms with van der Waals surface area (Å²) >= 11 is 6.18. The van der Waals surface area contributed by atoms with Gasteiger partial charge in [-0.15, -0.1) is 0 Å². The zero-order valence-corrected chi connectivity index (χ0v) is 14.3. The van der Waals surface area contributed by atoms with Gasteiger partial charge in [0.2, 0.25) is 0 Å². The van der Waals surface area contributed by atoms with E-state index in [1.165, 1.54) is 12.1 Å². The molecule has 0 atom stereocenters. The fourth-order valence-corrected chi connectivity index (χ4v) is 2.65. The minimum absolute atomic E-state index is 0.158. The molecule has 1 aliphatic heterocycles. The molecule has 1 fully saturated rings. The van der Waals surface area contributed by atoms with Crippen molar-refractivity contribution in [2.24, 2.45) is 0 Å². The van der Waals surface area contributed by atoms with E-state index in [4.69, 9.17) is 21.4 Å². The van der Waals surface area contributed by atoms with Gasteiger partial charge in [0.05, 0.1) is 16.3 Å². The highest BCUT2D eigenvalue weighted by Gasteiger charge is 2.26. The Hall–Kier alpha value is -1.95. The third kappa shape index (κ3) is 4.51. The number of carboxylic acid groups (broad SMARTS) is 1. The van der Waals surface area contributed by atoms with Crippen molar-refractivity contribution in [2.45, 2.75) is 26.4 Å². The number of halogens is 1. The topological polar surface area (TPSA) is 70.1 Å². The number of carbonyl (C=O) groups excluding carboxylic acids is 1. The smallest absolute Gasteiger partial charge is 0.410 e. The van der Waals surface area contributed by atoms with Gasteiger partial charge in [-0.1, -0.05) is 11.6 Å². The van der Waals surface area contributed by atoms with Crippen LogP contribution in [0.2, 0.25) is 5.02 Å². The molecular formula is C16H21ClN2O4. The van der Waals surface area contributed by atoms with Gasteiger partial charge in [-0.2, -0.15) is 0 Å². The number of piperazine rings is 1. The maximum atomic E-state index is 12.0. The van der Waals surface area contributed by atoms with E-state index in [2.05, 4.69) is 0 Å². The number of aromatic carboxylic acids is 1. The second kappa shape index (κ2) is 6.66. The number of carbonyl (C=O) groups is 2. The zero-order valence-electron chi connectivity index (χ0n) is 13.5. The van der Waals surface area contributed by atoms with Crippen LogP contribution in [0.1, 0.15) is 31.1 Å². The van der Waals surface area contributed by atoms with E-state index in [1.807, 2.05) is 25.7 Å². The van der Waals surface area contributed by atoms with Crippen LogP contribution < -0.4 is 4.90 Å². The molecule has 0 radical (unpaired) electrons. The summed E-state index contributed by atoms with van der Waals surface area (Å²) in [5, 5.41) is 9.37. The van der Waals surface area contributed by atoms with Crippen molar-refractivity contribution in [1.82, 2.24) is 4.90 Å². The lowest BCUT2D eigenvalue weighted by molar-refractivity contribution is 0.0240. The summed E-state index contributed by atoms with van der Waals surface area (Å²) in [4.78, 5) is 26.7. The molecule has 0 saturated carbocycles. The SMILES string of the molecule is CC(C)(C)OC(=O)N1CCN(c2ccc(C(=O)O)cc2Cl)CC1. The van der Waals surface area contributed by atoms with Gasteiger partial charge in [0, 0.05) is 26.2 Å². The monoisotopic (exact) mass is 340 g/mol. The van der Waals surface area contributed by atoms with Crippen LogP contribution in [0, 0.1) is 0 Å². The van der Waals surface area contributed by atoms with Gasteiger partial charge in [0.1, 0.15) is 5.60 Å². The number of anilines is 1. The molecule has 1 amide bonds. The summed E-state index contributed by atoms with van der Waals surface area (Å²) < 4.78 is 5.36. The molecule has 1 aromatic carbocycles. The molecule has 1 saturated heterocycles. The Morgan fingerprint density at radius 2 is 1.78 bits per heavy atom. The van der Waals surface area contributed by atoms with Crippen molar-refractivity contribution < 1.29 is 19.4 Å². The highest BCUT2D eigenvalue weighted by atomic mass is 35.5. The van der Waals surface area contributed by atoms with Gasteiger partial charge in [-0.05, 0) is 39.0 Å². The molecule has 1 heterocycles. The van der Waals surface area contributed by atoms with E-state index in [1.54, 1.807) is 11.0 Å². The Morgan fingerprint density at radius 1 is 1.17 bits per heavy atom. The second-order valence-corrected chi connectivity index (χ2v) is 6.83. The number of hydrogen-bond donors (Lipinski definition) is 1. The maximum absolute atomic E-state index is 12.0. The molecule has 6 nitrogen and oxygen atoms in total. The largest absolute Gasteiger partial charge is 0.478 e. The van der Waals surface area contributed by atoms with Crippen molar-refractivity contribution in [3.63, 3.8) is 0 Å². The molecule has 2 rings (SSSR count). The van der Waals surface area contributed by atoms with Crippen LogP contribution in [-0.2, 0) is 4.74 Å². The average molecular weight is 341 g/mol. The number of rotatable bonds is 2. The van der Waals surface area contributed by atoms with Crippen LogP contribution >= 0.6 is 11.6 Å². The molecule has 1 aliphatic rings.